The second-order valence-electron chi connectivity index (χ2n) is 3.96. The zero-order valence-corrected chi connectivity index (χ0v) is 11.6. The summed E-state index contributed by atoms with van der Waals surface area (Å²) < 4.78 is 8.34. The molecule has 0 aliphatic carbocycles. The molecule has 3 aromatic rings. The van der Waals surface area contributed by atoms with Crippen LogP contribution in [-0.2, 0) is 7.05 Å². The van der Waals surface area contributed by atoms with Crippen LogP contribution in [0.15, 0.2) is 28.9 Å². The van der Waals surface area contributed by atoms with Crippen molar-refractivity contribution in [2.45, 2.75) is 6.92 Å². The predicted molar refractivity (Wildman–Crippen MR) is 73.7 cm³/mol. The normalized spacial score (nSPS) is 11.2. The van der Waals surface area contributed by atoms with Gasteiger partial charge in [-0.05, 0) is 40.8 Å². The van der Waals surface area contributed by atoms with E-state index in [1.807, 2.05) is 13.1 Å². The first-order valence-corrected chi connectivity index (χ1v) is 6.28. The second-order valence-corrected chi connectivity index (χ2v) is 5.12. The van der Waals surface area contributed by atoms with Gasteiger partial charge < -0.3 is 9.09 Å². The minimum atomic E-state index is 0.586. The van der Waals surface area contributed by atoms with Gasteiger partial charge in [0.15, 0.2) is 0 Å². The third-order valence-corrected chi connectivity index (χ3v) is 3.59. The molecule has 2 heterocycles. The summed E-state index contributed by atoms with van der Waals surface area (Å²) in [4.78, 5) is 4.24. The molecule has 0 aliphatic rings. The lowest BCUT2D eigenvalue weighted by molar-refractivity contribution is 0.394. The van der Waals surface area contributed by atoms with E-state index in [-0.39, 0.29) is 0 Å². The van der Waals surface area contributed by atoms with Gasteiger partial charge >= 0.3 is 0 Å². The molecule has 0 bridgehead atoms. The van der Waals surface area contributed by atoms with E-state index < -0.39 is 0 Å². The SMILES string of the molecule is Cc1nc(-c2ccc3c(c2)c(I)cn3C)no1. The molecular formula is C12H10IN3O. The molecular weight excluding hydrogens is 329 g/mol. The van der Waals surface area contributed by atoms with Gasteiger partial charge in [-0.25, -0.2) is 0 Å². The first kappa shape index (κ1) is 10.8. The molecule has 0 aliphatic heterocycles. The standard InChI is InChI=1S/C12H10IN3O/c1-7-14-12(15-17-7)8-3-4-11-9(5-8)10(13)6-16(11)2/h3-6H,1-2H3. The van der Waals surface area contributed by atoms with Crippen molar-refractivity contribution in [3.63, 3.8) is 0 Å². The van der Waals surface area contributed by atoms with Gasteiger partial charge in [-0.2, -0.15) is 4.98 Å². The average Bonchev–Trinajstić information content (AvgIpc) is 2.85. The van der Waals surface area contributed by atoms with E-state index >= 15 is 0 Å². The lowest BCUT2D eigenvalue weighted by Gasteiger charge is -1.98. The Kier molecular flexibility index (Phi) is 2.43. The van der Waals surface area contributed by atoms with Gasteiger partial charge in [0.05, 0.1) is 0 Å². The molecule has 2 aromatic heterocycles. The zero-order chi connectivity index (χ0) is 12.0. The summed E-state index contributed by atoms with van der Waals surface area (Å²) in [7, 11) is 2.04. The van der Waals surface area contributed by atoms with E-state index in [9.17, 15) is 0 Å². The molecule has 86 valence electrons. The Labute approximate surface area is 112 Å². The van der Waals surface area contributed by atoms with Crippen molar-refractivity contribution in [1.29, 1.82) is 0 Å². The highest BCUT2D eigenvalue weighted by molar-refractivity contribution is 14.1. The fraction of sp³-hybridized carbons (Fsp3) is 0.167. The summed E-state index contributed by atoms with van der Waals surface area (Å²) in [5, 5.41) is 5.15. The third kappa shape index (κ3) is 1.74. The lowest BCUT2D eigenvalue weighted by Crippen LogP contribution is -1.85. The molecule has 0 spiro atoms. The monoisotopic (exact) mass is 339 g/mol. The highest BCUT2D eigenvalue weighted by atomic mass is 127. The Morgan fingerprint density at radius 1 is 1.35 bits per heavy atom. The van der Waals surface area contributed by atoms with Gasteiger partial charge in [-0.15, -0.1) is 0 Å². The van der Waals surface area contributed by atoms with E-state index in [1.54, 1.807) is 6.92 Å². The Balaban J connectivity index is 2.22. The van der Waals surface area contributed by atoms with Crippen molar-refractivity contribution in [3.8, 4) is 11.4 Å². The molecule has 0 saturated heterocycles. The van der Waals surface area contributed by atoms with Gasteiger partial charge in [0.2, 0.25) is 11.7 Å². The van der Waals surface area contributed by atoms with Crippen LogP contribution in [0.5, 0.6) is 0 Å². The van der Waals surface area contributed by atoms with Crippen molar-refractivity contribution >= 4 is 33.5 Å². The molecule has 0 atom stereocenters. The summed E-state index contributed by atoms with van der Waals surface area (Å²) >= 11 is 2.34. The van der Waals surface area contributed by atoms with E-state index in [0.29, 0.717) is 11.7 Å². The Hall–Kier alpha value is -1.37. The van der Waals surface area contributed by atoms with Crippen molar-refractivity contribution in [3.05, 3.63) is 33.9 Å². The molecule has 5 heteroatoms. The quantitative estimate of drug-likeness (QED) is 0.640. The van der Waals surface area contributed by atoms with Gasteiger partial charge in [0.1, 0.15) is 0 Å². The smallest absolute Gasteiger partial charge is 0.223 e. The van der Waals surface area contributed by atoms with Crippen molar-refractivity contribution < 1.29 is 4.52 Å². The van der Waals surface area contributed by atoms with Crippen molar-refractivity contribution in [2.24, 2.45) is 7.05 Å². The number of benzene rings is 1. The molecule has 17 heavy (non-hydrogen) atoms. The number of fused-ring (bicyclic) bond motifs is 1. The van der Waals surface area contributed by atoms with Crippen LogP contribution in [0.4, 0.5) is 0 Å². The van der Waals surface area contributed by atoms with Crippen LogP contribution in [0.25, 0.3) is 22.3 Å². The first-order valence-electron chi connectivity index (χ1n) is 5.20. The molecule has 0 fully saturated rings. The molecule has 0 unspecified atom stereocenters. The fourth-order valence-corrected chi connectivity index (χ4v) is 2.75. The van der Waals surface area contributed by atoms with Gasteiger partial charge in [-0.3, -0.25) is 0 Å². The summed E-state index contributed by atoms with van der Waals surface area (Å²) in [5.41, 5.74) is 2.19. The minimum Gasteiger partial charge on any atom is -0.349 e. The number of aromatic nitrogens is 3. The summed E-state index contributed by atoms with van der Waals surface area (Å²) in [6, 6.07) is 6.20. The van der Waals surface area contributed by atoms with Crippen LogP contribution >= 0.6 is 22.6 Å². The number of hydrogen-bond donors (Lipinski definition) is 0. The number of nitrogens with zero attached hydrogens (tertiary/aromatic N) is 3. The van der Waals surface area contributed by atoms with Crippen LogP contribution in [-0.4, -0.2) is 14.7 Å². The summed E-state index contributed by atoms with van der Waals surface area (Å²) in [6.07, 6.45) is 2.11. The molecule has 0 N–H and O–H groups in total. The zero-order valence-electron chi connectivity index (χ0n) is 9.44. The van der Waals surface area contributed by atoms with E-state index in [4.69, 9.17) is 4.52 Å². The number of hydrogen-bond acceptors (Lipinski definition) is 3. The summed E-state index contributed by atoms with van der Waals surface area (Å²) in [5.74, 6) is 1.23. The van der Waals surface area contributed by atoms with E-state index in [2.05, 4.69) is 55.6 Å². The Bertz CT molecular complexity index is 699. The maximum atomic E-state index is 5.00. The molecule has 1 aromatic carbocycles. The molecule has 4 nitrogen and oxygen atoms in total. The van der Waals surface area contributed by atoms with Crippen molar-refractivity contribution in [2.75, 3.05) is 0 Å². The van der Waals surface area contributed by atoms with Crippen molar-refractivity contribution in [1.82, 2.24) is 14.7 Å². The second kappa shape index (κ2) is 3.83. The third-order valence-electron chi connectivity index (χ3n) is 2.73. The van der Waals surface area contributed by atoms with E-state index in [1.165, 1.54) is 14.5 Å². The highest BCUT2D eigenvalue weighted by Crippen LogP contribution is 2.27. The molecule has 0 amide bonds. The minimum absolute atomic E-state index is 0.586. The van der Waals surface area contributed by atoms with Crippen LogP contribution in [0.1, 0.15) is 5.89 Å². The lowest BCUT2D eigenvalue weighted by atomic mass is 10.1. The Morgan fingerprint density at radius 3 is 2.88 bits per heavy atom. The van der Waals surface area contributed by atoms with Crippen LogP contribution in [0.2, 0.25) is 0 Å². The Morgan fingerprint density at radius 2 is 2.18 bits per heavy atom. The van der Waals surface area contributed by atoms with Crippen LogP contribution in [0.3, 0.4) is 0 Å². The fourth-order valence-electron chi connectivity index (χ4n) is 1.90. The van der Waals surface area contributed by atoms with Crippen LogP contribution in [0, 0.1) is 10.5 Å². The molecule has 3 rings (SSSR count). The van der Waals surface area contributed by atoms with Gasteiger partial charge in [0.25, 0.3) is 0 Å². The highest BCUT2D eigenvalue weighted by Gasteiger charge is 2.09. The molecule has 0 radical (unpaired) electrons. The average molecular weight is 339 g/mol. The molecule has 0 saturated carbocycles. The maximum Gasteiger partial charge on any atom is 0.223 e. The number of rotatable bonds is 1. The maximum absolute atomic E-state index is 5.00. The largest absolute Gasteiger partial charge is 0.349 e. The predicted octanol–water partition coefficient (Wildman–Crippen LogP) is 3.14. The first-order chi connectivity index (χ1) is 8.15. The van der Waals surface area contributed by atoms with Gasteiger partial charge in [0, 0.05) is 40.2 Å². The number of aryl methyl sites for hydroxylation is 2. The summed E-state index contributed by atoms with van der Waals surface area (Å²) in [6.45, 7) is 1.79. The van der Waals surface area contributed by atoms with E-state index in [0.717, 1.165) is 5.56 Å². The van der Waals surface area contributed by atoms with Crippen LogP contribution < -0.4 is 0 Å². The van der Waals surface area contributed by atoms with Gasteiger partial charge in [-0.1, -0.05) is 5.16 Å². The number of halogens is 1. The topological polar surface area (TPSA) is 43.9 Å².